The van der Waals surface area contributed by atoms with Crippen LogP contribution < -0.4 is 16.0 Å². The van der Waals surface area contributed by atoms with E-state index >= 15 is 0 Å². The summed E-state index contributed by atoms with van der Waals surface area (Å²) in [7, 11) is 0. The first-order valence-electron chi connectivity index (χ1n) is 6.75. The van der Waals surface area contributed by atoms with E-state index < -0.39 is 12.0 Å². The first-order valence-corrected chi connectivity index (χ1v) is 7.54. The van der Waals surface area contributed by atoms with Crippen molar-refractivity contribution in [2.75, 3.05) is 25.0 Å². The number of hydrogen-bond acceptors (Lipinski definition) is 4. The van der Waals surface area contributed by atoms with Crippen LogP contribution in [0.15, 0.2) is 28.7 Å². The number of carbonyl (C=O) groups excluding carboxylic acids is 1. The zero-order valence-corrected chi connectivity index (χ0v) is 13.4. The van der Waals surface area contributed by atoms with Crippen molar-refractivity contribution in [3.05, 3.63) is 28.7 Å². The van der Waals surface area contributed by atoms with Gasteiger partial charge < -0.3 is 21.1 Å². The number of anilines is 1. The molecular formula is C14H20BrN3O3. The normalized spacial score (nSPS) is 11.9. The molecule has 7 heteroatoms. The van der Waals surface area contributed by atoms with Crippen molar-refractivity contribution in [1.29, 1.82) is 0 Å². The van der Waals surface area contributed by atoms with Crippen LogP contribution >= 0.6 is 15.9 Å². The smallest absolute Gasteiger partial charge is 0.305 e. The molecule has 0 aromatic heterocycles. The first-order chi connectivity index (χ1) is 10.0. The van der Waals surface area contributed by atoms with Gasteiger partial charge >= 0.3 is 5.97 Å². The highest BCUT2D eigenvalue weighted by Gasteiger charge is 2.21. The second kappa shape index (κ2) is 9.49. The Hall–Kier alpha value is -1.44. The van der Waals surface area contributed by atoms with Crippen LogP contribution in [0.25, 0.3) is 0 Å². The van der Waals surface area contributed by atoms with Crippen molar-refractivity contribution >= 4 is 33.5 Å². The molecule has 0 aliphatic heterocycles. The van der Waals surface area contributed by atoms with Crippen molar-refractivity contribution in [2.45, 2.75) is 19.4 Å². The van der Waals surface area contributed by atoms with Gasteiger partial charge in [0.1, 0.15) is 0 Å². The zero-order chi connectivity index (χ0) is 15.7. The van der Waals surface area contributed by atoms with Crippen molar-refractivity contribution in [3.63, 3.8) is 0 Å². The molecule has 0 bridgehead atoms. The summed E-state index contributed by atoms with van der Waals surface area (Å²) in [4.78, 5) is 23.0. The number of carbonyl (C=O) groups is 2. The summed E-state index contributed by atoms with van der Waals surface area (Å²) in [5.74, 6) is -1.36. The second-order valence-corrected chi connectivity index (χ2v) is 5.37. The predicted molar refractivity (Wildman–Crippen MR) is 85.4 cm³/mol. The Bertz CT molecular complexity index is 465. The average Bonchev–Trinajstić information content (AvgIpc) is 2.44. The highest BCUT2D eigenvalue weighted by molar-refractivity contribution is 9.10. The lowest BCUT2D eigenvalue weighted by Gasteiger charge is -2.17. The van der Waals surface area contributed by atoms with Crippen LogP contribution in [0.4, 0.5) is 5.69 Å². The van der Waals surface area contributed by atoms with Gasteiger partial charge in [0.2, 0.25) is 5.91 Å². The highest BCUT2D eigenvalue weighted by Crippen LogP contribution is 2.14. The quantitative estimate of drug-likeness (QED) is 0.502. The third-order valence-electron chi connectivity index (χ3n) is 2.75. The SMILES string of the molecule is CCNCCN[C@@H](CC(=O)O)C(=O)Nc1ccc(Br)cc1. The van der Waals surface area contributed by atoms with Gasteiger partial charge in [0.25, 0.3) is 0 Å². The Labute approximate surface area is 132 Å². The molecule has 0 aliphatic carbocycles. The van der Waals surface area contributed by atoms with Crippen LogP contribution in [-0.4, -0.2) is 42.7 Å². The fourth-order valence-electron chi connectivity index (χ4n) is 1.71. The lowest BCUT2D eigenvalue weighted by molar-refractivity contribution is -0.139. The van der Waals surface area contributed by atoms with Crippen molar-refractivity contribution < 1.29 is 14.7 Å². The molecule has 0 spiro atoms. The molecule has 21 heavy (non-hydrogen) atoms. The number of hydrogen-bond donors (Lipinski definition) is 4. The molecule has 0 unspecified atom stereocenters. The second-order valence-electron chi connectivity index (χ2n) is 4.45. The minimum absolute atomic E-state index is 0.255. The van der Waals surface area contributed by atoms with Gasteiger partial charge in [-0.05, 0) is 30.8 Å². The maximum absolute atomic E-state index is 12.1. The van der Waals surface area contributed by atoms with E-state index in [0.717, 1.165) is 11.0 Å². The zero-order valence-electron chi connectivity index (χ0n) is 11.9. The van der Waals surface area contributed by atoms with Crippen LogP contribution in [0.3, 0.4) is 0 Å². The van der Waals surface area contributed by atoms with Gasteiger partial charge in [0.15, 0.2) is 0 Å². The lowest BCUT2D eigenvalue weighted by atomic mass is 10.2. The van der Waals surface area contributed by atoms with Crippen LogP contribution in [-0.2, 0) is 9.59 Å². The van der Waals surface area contributed by atoms with E-state index in [1.54, 1.807) is 24.3 Å². The maximum Gasteiger partial charge on any atom is 0.305 e. The fraction of sp³-hybridized carbons (Fsp3) is 0.429. The number of carboxylic acids is 1. The van der Waals surface area contributed by atoms with Gasteiger partial charge in [-0.1, -0.05) is 22.9 Å². The van der Waals surface area contributed by atoms with Crippen LogP contribution in [0.2, 0.25) is 0 Å². The molecule has 4 N–H and O–H groups in total. The summed E-state index contributed by atoms with van der Waals surface area (Å²) >= 11 is 3.31. The summed E-state index contributed by atoms with van der Waals surface area (Å²) in [5, 5.41) is 17.7. The van der Waals surface area contributed by atoms with E-state index in [-0.39, 0.29) is 12.3 Å². The number of likely N-dealkylation sites (N-methyl/N-ethyl adjacent to an activating group) is 1. The van der Waals surface area contributed by atoms with Crippen molar-refractivity contribution in [2.24, 2.45) is 0 Å². The van der Waals surface area contributed by atoms with E-state index in [1.807, 2.05) is 6.92 Å². The Kier molecular flexibility index (Phi) is 7.96. The number of aliphatic carboxylic acids is 1. The van der Waals surface area contributed by atoms with E-state index in [9.17, 15) is 9.59 Å². The molecular weight excluding hydrogens is 338 g/mol. The Morgan fingerprint density at radius 2 is 1.90 bits per heavy atom. The Morgan fingerprint density at radius 1 is 1.24 bits per heavy atom. The summed E-state index contributed by atoms with van der Waals surface area (Å²) in [6.45, 7) is 4.02. The minimum Gasteiger partial charge on any atom is -0.481 e. The van der Waals surface area contributed by atoms with Gasteiger partial charge in [-0.25, -0.2) is 0 Å². The summed E-state index contributed by atoms with van der Waals surface area (Å²) in [6.07, 6.45) is -0.255. The molecule has 0 heterocycles. The summed E-state index contributed by atoms with van der Waals surface area (Å²) in [6, 6.07) is 6.35. The standard InChI is InChI=1S/C14H20BrN3O3/c1-2-16-7-8-17-12(9-13(19)20)14(21)18-11-5-3-10(15)4-6-11/h3-6,12,16-17H,2,7-9H2,1H3,(H,18,21)(H,19,20)/t12-/m0/s1. The third-order valence-corrected chi connectivity index (χ3v) is 3.28. The van der Waals surface area contributed by atoms with Crippen LogP contribution in [0.5, 0.6) is 0 Å². The van der Waals surface area contributed by atoms with Crippen molar-refractivity contribution in [3.8, 4) is 0 Å². The fourth-order valence-corrected chi connectivity index (χ4v) is 1.97. The molecule has 0 fully saturated rings. The molecule has 0 aliphatic rings. The van der Waals surface area contributed by atoms with E-state index in [4.69, 9.17) is 5.11 Å². The van der Waals surface area contributed by atoms with Gasteiger partial charge in [-0.3, -0.25) is 9.59 Å². The molecule has 1 atom stereocenters. The average molecular weight is 358 g/mol. The highest BCUT2D eigenvalue weighted by atomic mass is 79.9. The summed E-state index contributed by atoms with van der Waals surface area (Å²) in [5.41, 5.74) is 0.632. The minimum atomic E-state index is -1.01. The number of amides is 1. The molecule has 1 amide bonds. The molecule has 6 nitrogen and oxygen atoms in total. The first kappa shape index (κ1) is 17.6. The number of carboxylic acid groups (broad SMARTS) is 1. The van der Waals surface area contributed by atoms with Crippen molar-refractivity contribution in [1.82, 2.24) is 10.6 Å². The summed E-state index contributed by atoms with van der Waals surface area (Å²) < 4.78 is 0.909. The number of benzene rings is 1. The lowest BCUT2D eigenvalue weighted by Crippen LogP contribution is -2.44. The monoisotopic (exact) mass is 357 g/mol. The number of rotatable bonds is 9. The molecule has 0 radical (unpaired) electrons. The largest absolute Gasteiger partial charge is 0.481 e. The number of halogens is 1. The maximum atomic E-state index is 12.1. The van der Waals surface area contributed by atoms with Crippen LogP contribution in [0, 0.1) is 0 Å². The molecule has 116 valence electrons. The molecule has 0 saturated heterocycles. The molecule has 0 saturated carbocycles. The Balaban J connectivity index is 2.57. The van der Waals surface area contributed by atoms with E-state index in [0.29, 0.717) is 18.8 Å². The van der Waals surface area contributed by atoms with Gasteiger partial charge in [0.05, 0.1) is 12.5 Å². The van der Waals surface area contributed by atoms with E-state index in [2.05, 4.69) is 31.9 Å². The topological polar surface area (TPSA) is 90.5 Å². The predicted octanol–water partition coefficient (Wildman–Crippen LogP) is 1.43. The van der Waals surface area contributed by atoms with Crippen LogP contribution in [0.1, 0.15) is 13.3 Å². The van der Waals surface area contributed by atoms with Gasteiger partial charge in [-0.15, -0.1) is 0 Å². The third kappa shape index (κ3) is 7.22. The number of nitrogens with one attached hydrogen (secondary N) is 3. The molecule has 1 aromatic rings. The molecule has 1 aromatic carbocycles. The van der Waals surface area contributed by atoms with Gasteiger partial charge in [-0.2, -0.15) is 0 Å². The Morgan fingerprint density at radius 3 is 2.48 bits per heavy atom. The van der Waals surface area contributed by atoms with Gasteiger partial charge in [0, 0.05) is 23.2 Å². The molecule has 1 rings (SSSR count). The van der Waals surface area contributed by atoms with E-state index in [1.165, 1.54) is 0 Å².